The highest BCUT2D eigenvalue weighted by Crippen LogP contribution is 2.26. The lowest BCUT2D eigenvalue weighted by molar-refractivity contribution is 0.412. The van der Waals surface area contributed by atoms with E-state index in [1.165, 1.54) is 5.56 Å². The Kier molecular flexibility index (Phi) is 5.05. The highest BCUT2D eigenvalue weighted by Gasteiger charge is 2.01. The maximum absolute atomic E-state index is 5.43. The van der Waals surface area contributed by atoms with Gasteiger partial charge in [-0.1, -0.05) is 18.3 Å². The molecule has 2 N–H and O–H groups in total. The van der Waals surface area contributed by atoms with Gasteiger partial charge < -0.3 is 10.5 Å². The molecule has 0 aliphatic rings. The van der Waals surface area contributed by atoms with Crippen molar-refractivity contribution in [1.82, 2.24) is 0 Å². The third kappa shape index (κ3) is 4.18. The fraction of sp³-hybridized carbons (Fsp3) is 0.364. The highest BCUT2D eigenvalue weighted by molar-refractivity contribution is 9.10. The number of nitrogens with two attached hydrogens (primary N) is 1. The van der Waals surface area contributed by atoms with E-state index in [4.69, 9.17) is 22.7 Å². The molecule has 0 heterocycles. The minimum Gasteiger partial charge on any atom is -0.496 e. The summed E-state index contributed by atoms with van der Waals surface area (Å²) in [7, 11) is 1.66. The smallest absolute Gasteiger partial charge is 0.133 e. The number of aryl methyl sites for hydroxylation is 1. The molecule has 4 heteroatoms. The van der Waals surface area contributed by atoms with Gasteiger partial charge in [0.25, 0.3) is 0 Å². The van der Waals surface area contributed by atoms with Crippen molar-refractivity contribution in [2.75, 3.05) is 7.11 Å². The first-order chi connectivity index (χ1) is 7.13. The first kappa shape index (κ1) is 12.5. The molecule has 0 saturated carbocycles. The zero-order chi connectivity index (χ0) is 11.3. The van der Waals surface area contributed by atoms with Crippen LogP contribution in [0, 0.1) is 0 Å². The van der Waals surface area contributed by atoms with Gasteiger partial charge in [0.05, 0.1) is 16.6 Å². The molecule has 0 unspecified atom stereocenters. The predicted octanol–water partition coefficient (Wildman–Crippen LogP) is 3.07. The molecular weight excluding hydrogens is 274 g/mol. The molecule has 0 bridgehead atoms. The molecule has 82 valence electrons. The standard InChI is InChI=1S/C11H14BrNOS/c1-14-10-6-5-8(7-9(10)12)3-2-4-11(13)15/h5-7H,2-4H2,1H3,(H2,13,15). The molecule has 15 heavy (non-hydrogen) atoms. The zero-order valence-corrected chi connectivity index (χ0v) is 11.0. The summed E-state index contributed by atoms with van der Waals surface area (Å²) < 4.78 is 6.14. The Morgan fingerprint density at radius 2 is 2.27 bits per heavy atom. The van der Waals surface area contributed by atoms with Crippen molar-refractivity contribution in [3.8, 4) is 5.75 Å². The van der Waals surface area contributed by atoms with Gasteiger partial charge in [-0.15, -0.1) is 0 Å². The van der Waals surface area contributed by atoms with E-state index < -0.39 is 0 Å². The van der Waals surface area contributed by atoms with E-state index in [9.17, 15) is 0 Å². The second-order valence-electron chi connectivity index (χ2n) is 3.29. The van der Waals surface area contributed by atoms with Gasteiger partial charge in [-0.25, -0.2) is 0 Å². The number of rotatable bonds is 5. The van der Waals surface area contributed by atoms with E-state index in [1.807, 2.05) is 6.07 Å². The first-order valence-corrected chi connectivity index (χ1v) is 5.94. The summed E-state index contributed by atoms with van der Waals surface area (Å²) >= 11 is 8.28. The van der Waals surface area contributed by atoms with E-state index in [0.717, 1.165) is 29.5 Å². The Hall–Kier alpha value is -0.610. The fourth-order valence-electron chi connectivity index (χ4n) is 1.33. The lowest BCUT2D eigenvalue weighted by atomic mass is 10.1. The summed E-state index contributed by atoms with van der Waals surface area (Å²) in [5.41, 5.74) is 6.70. The summed E-state index contributed by atoms with van der Waals surface area (Å²) in [6, 6.07) is 6.09. The topological polar surface area (TPSA) is 35.2 Å². The van der Waals surface area contributed by atoms with Gasteiger partial charge in [-0.05, 0) is 52.9 Å². The summed E-state index contributed by atoms with van der Waals surface area (Å²) in [6.45, 7) is 0. The van der Waals surface area contributed by atoms with Crippen LogP contribution in [0.1, 0.15) is 18.4 Å². The molecule has 0 amide bonds. The first-order valence-electron chi connectivity index (χ1n) is 4.74. The SMILES string of the molecule is COc1ccc(CCCC(N)=S)cc1Br. The van der Waals surface area contributed by atoms with Crippen LogP contribution in [-0.4, -0.2) is 12.1 Å². The Labute approximate surface area is 104 Å². The van der Waals surface area contributed by atoms with Crippen molar-refractivity contribution in [2.24, 2.45) is 5.73 Å². The van der Waals surface area contributed by atoms with Gasteiger partial charge in [-0.3, -0.25) is 0 Å². The third-order valence-corrected chi connectivity index (χ3v) is 2.93. The number of hydrogen-bond donors (Lipinski definition) is 1. The van der Waals surface area contributed by atoms with E-state index in [1.54, 1.807) is 7.11 Å². The average Bonchev–Trinajstić information content (AvgIpc) is 2.17. The molecule has 0 atom stereocenters. The number of halogens is 1. The zero-order valence-electron chi connectivity index (χ0n) is 8.63. The summed E-state index contributed by atoms with van der Waals surface area (Å²) in [6.07, 6.45) is 2.78. The minimum absolute atomic E-state index is 0.586. The van der Waals surface area contributed by atoms with Crippen LogP contribution in [0.25, 0.3) is 0 Å². The fourth-order valence-corrected chi connectivity index (χ4v) is 2.06. The minimum atomic E-state index is 0.586. The average molecular weight is 288 g/mol. The number of benzene rings is 1. The van der Waals surface area contributed by atoms with Crippen molar-refractivity contribution in [3.05, 3.63) is 28.2 Å². The van der Waals surface area contributed by atoms with Crippen LogP contribution in [0.3, 0.4) is 0 Å². The second kappa shape index (κ2) is 6.08. The van der Waals surface area contributed by atoms with Gasteiger partial charge >= 0.3 is 0 Å². The molecule has 0 spiro atoms. The molecule has 1 rings (SSSR count). The van der Waals surface area contributed by atoms with Gasteiger partial charge in [0, 0.05) is 0 Å². The van der Waals surface area contributed by atoms with Crippen LogP contribution in [0.4, 0.5) is 0 Å². The molecule has 0 saturated heterocycles. The van der Waals surface area contributed by atoms with Gasteiger partial charge in [0.2, 0.25) is 0 Å². The normalized spacial score (nSPS) is 10.0. The third-order valence-electron chi connectivity index (χ3n) is 2.10. The van der Waals surface area contributed by atoms with Gasteiger partial charge in [-0.2, -0.15) is 0 Å². The molecule has 1 aromatic carbocycles. The molecule has 0 aliphatic carbocycles. The molecule has 0 fully saturated rings. The van der Waals surface area contributed by atoms with E-state index in [2.05, 4.69) is 28.1 Å². The Morgan fingerprint density at radius 1 is 1.53 bits per heavy atom. The Balaban J connectivity index is 2.55. The van der Waals surface area contributed by atoms with Crippen molar-refractivity contribution in [3.63, 3.8) is 0 Å². The van der Waals surface area contributed by atoms with Gasteiger partial charge in [0.1, 0.15) is 5.75 Å². The van der Waals surface area contributed by atoms with Crippen LogP contribution in [0.2, 0.25) is 0 Å². The lowest BCUT2D eigenvalue weighted by Gasteiger charge is -2.06. The quantitative estimate of drug-likeness (QED) is 0.846. The Bertz CT molecular complexity index is 354. The largest absolute Gasteiger partial charge is 0.496 e. The predicted molar refractivity (Wildman–Crippen MR) is 70.4 cm³/mol. The number of hydrogen-bond acceptors (Lipinski definition) is 2. The van der Waals surface area contributed by atoms with Gasteiger partial charge in [0.15, 0.2) is 0 Å². The molecular formula is C11H14BrNOS. The maximum atomic E-state index is 5.43. The summed E-state index contributed by atoms with van der Waals surface area (Å²) in [4.78, 5) is 0.586. The van der Waals surface area contributed by atoms with Crippen molar-refractivity contribution in [1.29, 1.82) is 0 Å². The second-order valence-corrected chi connectivity index (χ2v) is 4.67. The van der Waals surface area contributed by atoms with E-state index >= 15 is 0 Å². The van der Waals surface area contributed by atoms with Crippen LogP contribution in [0.5, 0.6) is 5.75 Å². The Morgan fingerprint density at radius 3 is 2.80 bits per heavy atom. The van der Waals surface area contributed by atoms with Crippen LogP contribution in [-0.2, 0) is 6.42 Å². The molecule has 1 aromatic rings. The van der Waals surface area contributed by atoms with E-state index in [-0.39, 0.29) is 0 Å². The van der Waals surface area contributed by atoms with Crippen LogP contribution >= 0.6 is 28.1 Å². The molecule has 0 radical (unpaired) electrons. The lowest BCUT2D eigenvalue weighted by Crippen LogP contribution is -2.07. The van der Waals surface area contributed by atoms with Crippen molar-refractivity contribution < 1.29 is 4.74 Å². The number of ether oxygens (including phenoxy) is 1. The summed E-state index contributed by atoms with van der Waals surface area (Å²) in [5, 5.41) is 0. The van der Waals surface area contributed by atoms with Crippen molar-refractivity contribution in [2.45, 2.75) is 19.3 Å². The van der Waals surface area contributed by atoms with Crippen LogP contribution in [0.15, 0.2) is 22.7 Å². The van der Waals surface area contributed by atoms with Crippen molar-refractivity contribution >= 4 is 33.1 Å². The highest BCUT2D eigenvalue weighted by atomic mass is 79.9. The maximum Gasteiger partial charge on any atom is 0.133 e. The summed E-state index contributed by atoms with van der Waals surface area (Å²) in [5.74, 6) is 0.855. The van der Waals surface area contributed by atoms with Crippen LogP contribution < -0.4 is 10.5 Å². The molecule has 2 nitrogen and oxygen atoms in total. The monoisotopic (exact) mass is 287 g/mol. The molecule has 0 aromatic heterocycles. The number of methoxy groups -OCH3 is 1. The number of thiocarbonyl (C=S) groups is 1. The molecule has 0 aliphatic heterocycles. The van der Waals surface area contributed by atoms with E-state index in [0.29, 0.717) is 4.99 Å².